The summed E-state index contributed by atoms with van der Waals surface area (Å²) in [5.41, 5.74) is 1.05. The van der Waals surface area contributed by atoms with Crippen molar-refractivity contribution >= 4 is 17.6 Å². The average Bonchev–Trinajstić information content (AvgIpc) is 2.73. The Bertz CT molecular complexity index is 706. The first kappa shape index (κ1) is 18.1. The molecule has 1 amide bonds. The van der Waals surface area contributed by atoms with Gasteiger partial charge in [0.25, 0.3) is 0 Å². The van der Waals surface area contributed by atoms with Crippen molar-refractivity contribution in [1.29, 1.82) is 0 Å². The van der Waals surface area contributed by atoms with Crippen molar-refractivity contribution in [3.05, 3.63) is 24.3 Å². The molecule has 3 saturated carbocycles. The number of fused-ring (bicyclic) bond motifs is 3. The molecule has 3 aliphatic carbocycles. The minimum Gasteiger partial charge on any atom is -0.495 e. The van der Waals surface area contributed by atoms with Gasteiger partial charge in [-0.1, -0.05) is 12.1 Å². The zero-order valence-corrected chi connectivity index (χ0v) is 15.8. The van der Waals surface area contributed by atoms with Crippen LogP contribution in [0.2, 0.25) is 0 Å². The predicted octanol–water partition coefficient (Wildman–Crippen LogP) is 2.48. The fourth-order valence-electron chi connectivity index (χ4n) is 5.43. The monoisotopic (exact) mass is 372 g/mol. The maximum Gasteiger partial charge on any atom is 0.307 e. The molecule has 2 bridgehead atoms. The van der Waals surface area contributed by atoms with Crippen LogP contribution in [0.25, 0.3) is 0 Å². The summed E-state index contributed by atoms with van der Waals surface area (Å²) < 4.78 is 5.45. The summed E-state index contributed by atoms with van der Waals surface area (Å²) in [5, 5.41) is 9.73. The molecule has 1 aliphatic heterocycles. The number of methoxy groups -OCH3 is 1. The molecule has 4 aliphatic rings. The number of amides is 1. The summed E-state index contributed by atoms with van der Waals surface area (Å²) >= 11 is 0. The Morgan fingerprint density at radius 2 is 1.56 bits per heavy atom. The molecule has 1 N–H and O–H groups in total. The van der Waals surface area contributed by atoms with Crippen molar-refractivity contribution in [2.24, 2.45) is 23.7 Å². The molecule has 1 aromatic rings. The third kappa shape index (κ3) is 3.26. The summed E-state index contributed by atoms with van der Waals surface area (Å²) in [7, 11) is 1.67. The fourth-order valence-corrected chi connectivity index (χ4v) is 5.43. The zero-order chi connectivity index (χ0) is 19.0. The molecule has 0 spiro atoms. The summed E-state index contributed by atoms with van der Waals surface area (Å²) in [4.78, 5) is 29.2. The molecule has 6 nitrogen and oxygen atoms in total. The van der Waals surface area contributed by atoms with Crippen molar-refractivity contribution in [2.45, 2.75) is 25.7 Å². The molecular formula is C21H28N2O4. The molecule has 1 aromatic carbocycles. The van der Waals surface area contributed by atoms with Crippen molar-refractivity contribution in [1.82, 2.24) is 4.90 Å². The van der Waals surface area contributed by atoms with Gasteiger partial charge in [0, 0.05) is 26.2 Å². The van der Waals surface area contributed by atoms with Gasteiger partial charge in [-0.25, -0.2) is 0 Å². The highest BCUT2D eigenvalue weighted by Gasteiger charge is 2.51. The highest BCUT2D eigenvalue weighted by Crippen LogP contribution is 2.49. The minimum absolute atomic E-state index is 0.0662. The summed E-state index contributed by atoms with van der Waals surface area (Å²) in [6, 6.07) is 7.93. The van der Waals surface area contributed by atoms with E-state index >= 15 is 0 Å². The first-order valence-corrected chi connectivity index (χ1v) is 9.99. The lowest BCUT2D eigenvalue weighted by molar-refractivity contribution is -0.162. The maximum absolute atomic E-state index is 13.2. The predicted molar refractivity (Wildman–Crippen MR) is 102 cm³/mol. The molecular weight excluding hydrogens is 344 g/mol. The van der Waals surface area contributed by atoms with Crippen LogP contribution in [-0.4, -0.2) is 55.2 Å². The lowest BCUT2D eigenvalue weighted by Gasteiger charge is -2.48. The number of benzene rings is 1. The van der Waals surface area contributed by atoms with Crippen LogP contribution in [0.1, 0.15) is 25.7 Å². The molecule has 1 saturated heterocycles. The van der Waals surface area contributed by atoms with E-state index in [2.05, 4.69) is 4.90 Å². The Labute approximate surface area is 160 Å². The molecule has 6 heteroatoms. The Kier molecular flexibility index (Phi) is 4.98. The van der Waals surface area contributed by atoms with Gasteiger partial charge >= 0.3 is 5.97 Å². The molecule has 2 atom stereocenters. The average molecular weight is 372 g/mol. The number of ether oxygens (including phenoxy) is 1. The Balaban J connectivity index is 1.45. The van der Waals surface area contributed by atoms with Gasteiger partial charge in [0.15, 0.2) is 0 Å². The van der Waals surface area contributed by atoms with Gasteiger partial charge in [-0.2, -0.15) is 0 Å². The van der Waals surface area contributed by atoms with Crippen LogP contribution >= 0.6 is 0 Å². The summed E-state index contributed by atoms with van der Waals surface area (Å²) in [6.07, 6.45) is 3.94. The van der Waals surface area contributed by atoms with Gasteiger partial charge in [0.05, 0.1) is 24.6 Å². The number of aliphatic carboxylic acids is 1. The Hall–Kier alpha value is -2.24. The lowest BCUT2D eigenvalue weighted by atomic mass is 9.58. The number of rotatable bonds is 4. The van der Waals surface area contributed by atoms with Crippen molar-refractivity contribution in [3.8, 4) is 5.75 Å². The molecule has 2 unspecified atom stereocenters. The van der Waals surface area contributed by atoms with Crippen LogP contribution < -0.4 is 9.64 Å². The van der Waals surface area contributed by atoms with Gasteiger partial charge in [-0.15, -0.1) is 0 Å². The highest BCUT2D eigenvalue weighted by molar-refractivity contribution is 5.86. The topological polar surface area (TPSA) is 70.1 Å². The van der Waals surface area contributed by atoms with E-state index in [0.717, 1.165) is 50.2 Å². The third-order valence-electron chi connectivity index (χ3n) is 6.81. The molecule has 27 heavy (non-hydrogen) atoms. The summed E-state index contributed by atoms with van der Waals surface area (Å²) in [6.45, 7) is 2.75. The molecule has 0 aromatic heterocycles. The smallest absolute Gasteiger partial charge is 0.307 e. The van der Waals surface area contributed by atoms with Crippen LogP contribution in [0.3, 0.4) is 0 Å². The molecule has 4 fully saturated rings. The van der Waals surface area contributed by atoms with Crippen LogP contribution in [0.5, 0.6) is 5.75 Å². The SMILES string of the molecule is COc1ccccc1N1CCN(C(=O)C2C3CCC(CC3)C2C(=O)O)CC1. The number of carboxylic acid groups (broad SMARTS) is 1. The van der Waals surface area contributed by atoms with Gasteiger partial charge in [0.2, 0.25) is 5.91 Å². The van der Waals surface area contributed by atoms with Crippen molar-refractivity contribution in [2.75, 3.05) is 38.2 Å². The number of piperazine rings is 1. The van der Waals surface area contributed by atoms with Gasteiger partial charge in [-0.3, -0.25) is 9.59 Å². The molecule has 0 radical (unpaired) electrons. The van der Waals surface area contributed by atoms with E-state index in [1.165, 1.54) is 0 Å². The second-order valence-corrected chi connectivity index (χ2v) is 8.05. The second kappa shape index (κ2) is 7.41. The standard InChI is InChI=1S/C21H28N2O4/c1-27-17-5-3-2-4-16(17)22-10-12-23(13-11-22)20(24)18-14-6-8-15(9-7-14)19(18)21(25)26/h2-5,14-15,18-19H,6-13H2,1H3,(H,25,26). The first-order chi connectivity index (χ1) is 13.1. The number of anilines is 1. The number of hydrogen-bond donors (Lipinski definition) is 1. The largest absolute Gasteiger partial charge is 0.495 e. The van der Waals surface area contributed by atoms with E-state index in [4.69, 9.17) is 4.74 Å². The van der Waals surface area contributed by atoms with Crippen LogP contribution in [0.4, 0.5) is 5.69 Å². The summed E-state index contributed by atoms with van der Waals surface area (Å²) in [5.74, 6) is -0.267. The van der Waals surface area contributed by atoms with E-state index in [1.807, 2.05) is 29.2 Å². The third-order valence-corrected chi connectivity index (χ3v) is 6.81. The Morgan fingerprint density at radius 1 is 0.963 bits per heavy atom. The van der Waals surface area contributed by atoms with Crippen molar-refractivity contribution < 1.29 is 19.4 Å². The fraction of sp³-hybridized carbons (Fsp3) is 0.619. The van der Waals surface area contributed by atoms with Crippen LogP contribution in [0.15, 0.2) is 24.3 Å². The molecule has 1 heterocycles. The zero-order valence-electron chi connectivity index (χ0n) is 15.8. The lowest BCUT2D eigenvalue weighted by Crippen LogP contribution is -2.56. The quantitative estimate of drug-likeness (QED) is 0.879. The Morgan fingerprint density at radius 3 is 2.15 bits per heavy atom. The van der Waals surface area contributed by atoms with Gasteiger partial charge in [-0.05, 0) is 49.7 Å². The number of hydrogen-bond acceptors (Lipinski definition) is 4. The number of nitrogens with zero attached hydrogens (tertiary/aromatic N) is 2. The van der Waals surface area contributed by atoms with Crippen molar-refractivity contribution in [3.63, 3.8) is 0 Å². The minimum atomic E-state index is -0.782. The number of para-hydroxylation sites is 2. The van der Waals surface area contributed by atoms with E-state index < -0.39 is 11.9 Å². The number of carbonyl (C=O) groups is 2. The van der Waals surface area contributed by atoms with Gasteiger partial charge in [0.1, 0.15) is 5.75 Å². The van der Waals surface area contributed by atoms with E-state index in [-0.39, 0.29) is 23.7 Å². The second-order valence-electron chi connectivity index (χ2n) is 8.05. The van der Waals surface area contributed by atoms with E-state index in [9.17, 15) is 14.7 Å². The van der Waals surface area contributed by atoms with E-state index in [1.54, 1.807) is 7.11 Å². The molecule has 5 rings (SSSR count). The maximum atomic E-state index is 13.2. The molecule has 146 valence electrons. The first-order valence-electron chi connectivity index (χ1n) is 9.99. The van der Waals surface area contributed by atoms with E-state index in [0.29, 0.717) is 13.1 Å². The number of carboxylic acids is 1. The normalized spacial score (nSPS) is 30.3. The number of carbonyl (C=O) groups excluding carboxylic acids is 1. The van der Waals surface area contributed by atoms with Gasteiger partial charge < -0.3 is 19.6 Å². The van der Waals surface area contributed by atoms with Crippen LogP contribution in [0, 0.1) is 23.7 Å². The highest BCUT2D eigenvalue weighted by atomic mass is 16.5. The van der Waals surface area contributed by atoms with Crippen LogP contribution in [-0.2, 0) is 9.59 Å².